The molecule has 0 atom stereocenters. The van der Waals surface area contributed by atoms with Crippen molar-refractivity contribution in [3.63, 3.8) is 0 Å². The van der Waals surface area contributed by atoms with Crippen molar-refractivity contribution in [1.29, 1.82) is 0 Å². The van der Waals surface area contributed by atoms with Gasteiger partial charge in [-0.1, -0.05) is 62.4 Å². The van der Waals surface area contributed by atoms with Gasteiger partial charge in [0.1, 0.15) is 0 Å². The second-order valence-corrected chi connectivity index (χ2v) is 9.94. The molecule has 33 heavy (non-hydrogen) atoms. The van der Waals surface area contributed by atoms with Gasteiger partial charge in [-0.3, -0.25) is 9.97 Å². The lowest BCUT2D eigenvalue weighted by molar-refractivity contribution is 0.660. The Morgan fingerprint density at radius 2 is 1.30 bits per heavy atom. The molecule has 0 saturated carbocycles. The van der Waals surface area contributed by atoms with Gasteiger partial charge in [0.2, 0.25) is 0 Å². The van der Waals surface area contributed by atoms with Gasteiger partial charge in [0.15, 0.2) is 0 Å². The molecule has 158 valence electrons. The highest BCUT2D eigenvalue weighted by Gasteiger charge is 2.35. The molecule has 0 fully saturated rings. The lowest BCUT2D eigenvalue weighted by atomic mass is 9.82. The maximum atomic E-state index is 5.04. The van der Waals surface area contributed by atoms with E-state index in [0.29, 0.717) is 0 Å². The molecule has 0 radical (unpaired) electrons. The van der Waals surface area contributed by atoms with Gasteiger partial charge in [-0.2, -0.15) is 0 Å². The SMILES string of the molecule is Cc1nc2cc(-c3ccc4c(c3)-c3ccccc3C4(C)C)cc3c(C)nc4cccc1c4c23. The third-order valence-electron chi connectivity index (χ3n) is 7.68. The highest BCUT2D eigenvalue weighted by molar-refractivity contribution is 6.22. The lowest BCUT2D eigenvalue weighted by Crippen LogP contribution is -2.14. The fourth-order valence-corrected chi connectivity index (χ4v) is 6.01. The van der Waals surface area contributed by atoms with E-state index in [1.54, 1.807) is 0 Å². The van der Waals surface area contributed by atoms with Crippen molar-refractivity contribution in [2.45, 2.75) is 33.1 Å². The summed E-state index contributed by atoms with van der Waals surface area (Å²) in [4.78, 5) is 10.00. The third-order valence-corrected chi connectivity index (χ3v) is 7.68. The molecule has 1 aliphatic rings. The van der Waals surface area contributed by atoms with Gasteiger partial charge in [0.05, 0.1) is 11.0 Å². The van der Waals surface area contributed by atoms with E-state index < -0.39 is 0 Å². The average molecular weight is 425 g/mol. The Kier molecular flexibility index (Phi) is 3.51. The van der Waals surface area contributed by atoms with Crippen molar-refractivity contribution in [3.8, 4) is 22.3 Å². The highest BCUT2D eigenvalue weighted by Crippen LogP contribution is 2.49. The quantitative estimate of drug-likeness (QED) is 0.250. The van der Waals surface area contributed by atoms with Crippen LogP contribution in [0.1, 0.15) is 36.4 Å². The number of hydrogen-bond donors (Lipinski definition) is 0. The fraction of sp³-hybridized carbons (Fsp3) is 0.161. The summed E-state index contributed by atoms with van der Waals surface area (Å²) in [6.45, 7) is 8.87. The first-order chi connectivity index (χ1) is 15.9. The monoisotopic (exact) mass is 424 g/mol. The minimum Gasteiger partial charge on any atom is -0.252 e. The van der Waals surface area contributed by atoms with Crippen LogP contribution in [0.25, 0.3) is 54.8 Å². The number of rotatable bonds is 1. The molecule has 0 N–H and O–H groups in total. The summed E-state index contributed by atoms with van der Waals surface area (Å²) < 4.78 is 0. The van der Waals surface area contributed by atoms with Crippen molar-refractivity contribution in [1.82, 2.24) is 9.97 Å². The molecule has 0 spiro atoms. The topological polar surface area (TPSA) is 25.8 Å². The van der Waals surface area contributed by atoms with E-state index in [-0.39, 0.29) is 5.41 Å². The predicted molar refractivity (Wildman–Crippen MR) is 138 cm³/mol. The molecule has 6 aromatic rings. The van der Waals surface area contributed by atoms with Gasteiger partial charge >= 0.3 is 0 Å². The molecule has 2 heterocycles. The van der Waals surface area contributed by atoms with Gasteiger partial charge in [0, 0.05) is 38.3 Å². The Morgan fingerprint density at radius 3 is 2.18 bits per heavy atom. The smallest absolute Gasteiger partial charge is 0.0725 e. The lowest BCUT2D eigenvalue weighted by Gasteiger charge is -2.21. The van der Waals surface area contributed by atoms with Crippen LogP contribution in [0.2, 0.25) is 0 Å². The standard InChI is InChI=1S/C31H24N2/c1-17-21-9-7-11-27-29(21)30-23(18(2)32-27)15-20(16-28(30)33-17)19-12-13-26-24(14-19)22-8-5-6-10-25(22)31(26,3)4/h5-16H,1-4H3. The van der Waals surface area contributed by atoms with Crippen molar-refractivity contribution in [2.24, 2.45) is 0 Å². The zero-order valence-electron chi connectivity index (χ0n) is 19.3. The van der Waals surface area contributed by atoms with E-state index >= 15 is 0 Å². The molecule has 0 bridgehead atoms. The number of aryl methyl sites for hydroxylation is 2. The van der Waals surface area contributed by atoms with Crippen LogP contribution in [0, 0.1) is 13.8 Å². The molecule has 0 aliphatic heterocycles. The number of nitrogens with zero attached hydrogens (tertiary/aromatic N) is 2. The van der Waals surface area contributed by atoms with Crippen LogP contribution in [-0.2, 0) is 5.41 Å². The summed E-state index contributed by atoms with van der Waals surface area (Å²) in [6.07, 6.45) is 0. The first kappa shape index (κ1) is 18.8. The van der Waals surface area contributed by atoms with E-state index in [0.717, 1.165) is 22.4 Å². The Labute approximate surface area is 193 Å². The first-order valence-corrected chi connectivity index (χ1v) is 11.6. The van der Waals surface area contributed by atoms with Crippen molar-refractivity contribution < 1.29 is 0 Å². The minimum absolute atomic E-state index is 0.0249. The second kappa shape index (κ2) is 6.17. The maximum Gasteiger partial charge on any atom is 0.0725 e. The maximum absolute atomic E-state index is 5.04. The Hall–Kier alpha value is -3.78. The van der Waals surface area contributed by atoms with Crippen LogP contribution in [0.3, 0.4) is 0 Å². The second-order valence-electron chi connectivity index (χ2n) is 9.94. The zero-order valence-corrected chi connectivity index (χ0v) is 19.3. The number of pyridine rings is 2. The molecular weight excluding hydrogens is 400 g/mol. The van der Waals surface area contributed by atoms with Gasteiger partial charge in [0.25, 0.3) is 0 Å². The minimum atomic E-state index is 0.0249. The predicted octanol–water partition coefficient (Wildman–Crippen LogP) is 7.96. The number of fused-ring (bicyclic) bond motifs is 3. The molecular formula is C31H24N2. The summed E-state index contributed by atoms with van der Waals surface area (Å²) >= 11 is 0. The van der Waals surface area contributed by atoms with Crippen LogP contribution in [0.15, 0.2) is 72.8 Å². The van der Waals surface area contributed by atoms with E-state index in [1.807, 2.05) is 0 Å². The van der Waals surface area contributed by atoms with Crippen LogP contribution < -0.4 is 0 Å². The zero-order chi connectivity index (χ0) is 22.5. The van der Waals surface area contributed by atoms with Crippen LogP contribution >= 0.6 is 0 Å². The Bertz CT molecular complexity index is 1760. The number of aromatic nitrogens is 2. The van der Waals surface area contributed by atoms with Crippen molar-refractivity contribution >= 4 is 32.6 Å². The molecule has 2 aromatic heterocycles. The third kappa shape index (κ3) is 2.38. The van der Waals surface area contributed by atoms with Crippen molar-refractivity contribution in [2.75, 3.05) is 0 Å². The first-order valence-electron chi connectivity index (χ1n) is 11.6. The highest BCUT2D eigenvalue weighted by atomic mass is 14.7. The van der Waals surface area contributed by atoms with Gasteiger partial charge < -0.3 is 0 Å². The number of benzene rings is 4. The van der Waals surface area contributed by atoms with Crippen LogP contribution in [-0.4, -0.2) is 9.97 Å². The van der Waals surface area contributed by atoms with Gasteiger partial charge in [-0.05, 0) is 71.5 Å². The number of hydrogen-bond acceptors (Lipinski definition) is 2. The average Bonchev–Trinajstić information content (AvgIpc) is 3.05. The Morgan fingerprint density at radius 1 is 0.576 bits per heavy atom. The van der Waals surface area contributed by atoms with Gasteiger partial charge in [-0.15, -0.1) is 0 Å². The van der Waals surface area contributed by atoms with Gasteiger partial charge in [-0.25, -0.2) is 0 Å². The molecule has 2 nitrogen and oxygen atoms in total. The summed E-state index contributed by atoms with van der Waals surface area (Å²) in [7, 11) is 0. The molecule has 0 saturated heterocycles. The summed E-state index contributed by atoms with van der Waals surface area (Å²) in [5, 5.41) is 4.86. The largest absolute Gasteiger partial charge is 0.252 e. The Balaban J connectivity index is 1.53. The molecule has 7 rings (SSSR count). The normalized spacial score (nSPS) is 14.3. The van der Waals surface area contributed by atoms with E-state index in [4.69, 9.17) is 9.97 Å². The molecule has 0 amide bonds. The molecule has 2 heteroatoms. The van der Waals surface area contributed by atoms with Crippen LogP contribution in [0.4, 0.5) is 0 Å². The van der Waals surface area contributed by atoms with Crippen molar-refractivity contribution in [3.05, 3.63) is 95.3 Å². The fourth-order valence-electron chi connectivity index (χ4n) is 6.01. The summed E-state index contributed by atoms with van der Waals surface area (Å²) in [5.74, 6) is 0. The summed E-state index contributed by atoms with van der Waals surface area (Å²) in [6, 6.07) is 26.7. The molecule has 4 aromatic carbocycles. The van der Waals surface area contributed by atoms with Crippen LogP contribution in [0.5, 0.6) is 0 Å². The summed E-state index contributed by atoms with van der Waals surface area (Å²) in [5.41, 5.74) is 12.2. The molecule has 0 unspecified atom stereocenters. The van der Waals surface area contributed by atoms with E-state index in [9.17, 15) is 0 Å². The molecule has 1 aliphatic carbocycles. The van der Waals surface area contributed by atoms with E-state index in [1.165, 1.54) is 54.9 Å². The van der Waals surface area contributed by atoms with E-state index in [2.05, 4.69) is 100 Å².